The van der Waals surface area contributed by atoms with Crippen LogP contribution in [0.5, 0.6) is 0 Å². The second-order valence-electron chi connectivity index (χ2n) is 6.80. The van der Waals surface area contributed by atoms with E-state index in [4.69, 9.17) is 0 Å². The molecule has 3 aromatic rings. The summed E-state index contributed by atoms with van der Waals surface area (Å²) in [5.74, 6) is 0.973. The topological polar surface area (TPSA) is 88.5 Å². The van der Waals surface area contributed by atoms with Crippen LogP contribution in [0.25, 0.3) is 11.0 Å². The maximum atomic E-state index is 12.4. The average Bonchev–Trinajstić information content (AvgIpc) is 3.23. The number of aromatic nitrogens is 5. The molecule has 2 heterocycles. The number of fused-ring (bicyclic) bond motifs is 1. The van der Waals surface area contributed by atoms with Crippen LogP contribution in [0.3, 0.4) is 0 Å². The number of carbonyl (C=O) groups excluding carboxylic acids is 1. The first-order valence-electron chi connectivity index (χ1n) is 8.76. The Kier molecular flexibility index (Phi) is 4.21. The fraction of sp³-hybridized carbons (Fsp3) is 0.444. The highest BCUT2D eigenvalue weighted by atomic mass is 16.1. The number of carbonyl (C=O) groups is 1. The zero-order valence-electron chi connectivity index (χ0n) is 14.3. The van der Waals surface area contributed by atoms with Crippen LogP contribution in [0, 0.1) is 6.92 Å². The van der Waals surface area contributed by atoms with Crippen molar-refractivity contribution in [1.82, 2.24) is 30.0 Å². The van der Waals surface area contributed by atoms with Gasteiger partial charge in [-0.1, -0.05) is 6.07 Å². The number of hydrogen-bond donors (Lipinski definition) is 2. The van der Waals surface area contributed by atoms with Gasteiger partial charge in [0.15, 0.2) is 0 Å². The van der Waals surface area contributed by atoms with Crippen LogP contribution in [-0.2, 0) is 11.2 Å². The lowest BCUT2D eigenvalue weighted by atomic mass is 9.91. The predicted octanol–water partition coefficient (Wildman–Crippen LogP) is 2.31. The molecule has 0 saturated heterocycles. The lowest BCUT2D eigenvalue weighted by Crippen LogP contribution is -2.38. The summed E-state index contributed by atoms with van der Waals surface area (Å²) in [6, 6.07) is 6.61. The zero-order valence-corrected chi connectivity index (χ0v) is 14.3. The highest BCUT2D eigenvalue weighted by molar-refractivity contribution is 5.81. The molecule has 7 nitrogen and oxygen atoms in total. The van der Waals surface area contributed by atoms with Gasteiger partial charge in [0.05, 0.1) is 23.5 Å². The van der Waals surface area contributed by atoms with Gasteiger partial charge in [-0.25, -0.2) is 14.6 Å². The van der Waals surface area contributed by atoms with Gasteiger partial charge >= 0.3 is 0 Å². The van der Waals surface area contributed by atoms with Crippen LogP contribution in [0.2, 0.25) is 0 Å². The first-order chi connectivity index (χ1) is 12.2. The molecule has 1 fully saturated rings. The Bertz CT molecular complexity index is 861. The SMILES string of the molecule is Cc1nc2ccc(CC(=O)NC3CCC(n4cncn4)CC3)cc2[nH]1. The van der Waals surface area contributed by atoms with Gasteiger partial charge in [-0.2, -0.15) is 5.10 Å². The van der Waals surface area contributed by atoms with Crippen molar-refractivity contribution >= 4 is 16.9 Å². The maximum Gasteiger partial charge on any atom is 0.224 e. The molecule has 7 heteroatoms. The molecule has 0 bridgehead atoms. The van der Waals surface area contributed by atoms with Crippen LogP contribution >= 0.6 is 0 Å². The minimum Gasteiger partial charge on any atom is -0.353 e. The molecule has 0 unspecified atom stereocenters. The second-order valence-corrected chi connectivity index (χ2v) is 6.80. The van der Waals surface area contributed by atoms with E-state index in [2.05, 4.69) is 25.4 Å². The Morgan fingerprint density at radius 3 is 2.92 bits per heavy atom. The van der Waals surface area contributed by atoms with Crippen molar-refractivity contribution in [2.45, 2.75) is 51.1 Å². The van der Waals surface area contributed by atoms with E-state index in [1.807, 2.05) is 29.8 Å². The molecule has 0 spiro atoms. The van der Waals surface area contributed by atoms with Crippen molar-refractivity contribution in [3.05, 3.63) is 42.2 Å². The van der Waals surface area contributed by atoms with Gasteiger partial charge in [-0.05, 0) is 50.3 Å². The summed E-state index contributed by atoms with van der Waals surface area (Å²) in [5.41, 5.74) is 2.93. The van der Waals surface area contributed by atoms with E-state index in [-0.39, 0.29) is 11.9 Å². The van der Waals surface area contributed by atoms with Crippen LogP contribution in [0.15, 0.2) is 30.9 Å². The number of imidazole rings is 1. The molecule has 0 atom stereocenters. The lowest BCUT2D eigenvalue weighted by Gasteiger charge is -2.29. The van der Waals surface area contributed by atoms with Crippen molar-refractivity contribution < 1.29 is 4.79 Å². The molecule has 0 aliphatic heterocycles. The quantitative estimate of drug-likeness (QED) is 0.764. The molecule has 4 rings (SSSR count). The van der Waals surface area contributed by atoms with Crippen molar-refractivity contribution in [2.24, 2.45) is 0 Å². The Morgan fingerprint density at radius 2 is 2.16 bits per heavy atom. The molecule has 1 amide bonds. The third-order valence-electron chi connectivity index (χ3n) is 4.90. The molecule has 1 aliphatic carbocycles. The Labute approximate surface area is 145 Å². The van der Waals surface area contributed by atoms with E-state index >= 15 is 0 Å². The minimum atomic E-state index is 0.0831. The fourth-order valence-corrected chi connectivity index (χ4v) is 3.65. The summed E-state index contributed by atoms with van der Waals surface area (Å²) in [7, 11) is 0. The van der Waals surface area contributed by atoms with Crippen LogP contribution in [-0.4, -0.2) is 36.7 Å². The molecule has 2 aromatic heterocycles. The average molecular weight is 338 g/mol. The summed E-state index contributed by atoms with van der Waals surface area (Å²) >= 11 is 0. The summed E-state index contributed by atoms with van der Waals surface area (Å²) in [6.07, 6.45) is 7.76. The smallest absolute Gasteiger partial charge is 0.224 e. The first-order valence-corrected chi connectivity index (χ1v) is 8.76. The Balaban J connectivity index is 1.31. The van der Waals surface area contributed by atoms with Crippen molar-refractivity contribution in [1.29, 1.82) is 0 Å². The van der Waals surface area contributed by atoms with Crippen LogP contribution in [0.1, 0.15) is 43.1 Å². The van der Waals surface area contributed by atoms with E-state index in [0.717, 1.165) is 48.1 Å². The molecule has 2 N–H and O–H groups in total. The van der Waals surface area contributed by atoms with Crippen molar-refractivity contribution in [3.8, 4) is 0 Å². The monoisotopic (exact) mass is 338 g/mol. The largest absolute Gasteiger partial charge is 0.353 e. The van der Waals surface area contributed by atoms with Gasteiger partial charge in [-0.3, -0.25) is 4.79 Å². The summed E-state index contributed by atoms with van der Waals surface area (Å²) in [6.45, 7) is 1.93. The summed E-state index contributed by atoms with van der Waals surface area (Å²) < 4.78 is 1.93. The van der Waals surface area contributed by atoms with Crippen LogP contribution in [0.4, 0.5) is 0 Å². The van der Waals surface area contributed by atoms with Gasteiger partial charge in [0.2, 0.25) is 5.91 Å². The third-order valence-corrected chi connectivity index (χ3v) is 4.90. The predicted molar refractivity (Wildman–Crippen MR) is 94.0 cm³/mol. The lowest BCUT2D eigenvalue weighted by molar-refractivity contribution is -0.121. The minimum absolute atomic E-state index is 0.0831. The number of H-pyrrole nitrogens is 1. The van der Waals surface area contributed by atoms with E-state index in [1.165, 1.54) is 0 Å². The maximum absolute atomic E-state index is 12.4. The molecule has 25 heavy (non-hydrogen) atoms. The second kappa shape index (κ2) is 6.66. The molecule has 1 saturated carbocycles. The molecule has 130 valence electrons. The normalized spacial score (nSPS) is 20.7. The Morgan fingerprint density at radius 1 is 1.32 bits per heavy atom. The first kappa shape index (κ1) is 15.8. The third kappa shape index (κ3) is 3.55. The van der Waals surface area contributed by atoms with E-state index in [1.54, 1.807) is 12.7 Å². The van der Waals surface area contributed by atoms with Gasteiger partial charge < -0.3 is 10.3 Å². The van der Waals surface area contributed by atoms with E-state index in [9.17, 15) is 4.79 Å². The van der Waals surface area contributed by atoms with Crippen molar-refractivity contribution in [3.63, 3.8) is 0 Å². The van der Waals surface area contributed by atoms with E-state index < -0.39 is 0 Å². The Hall–Kier alpha value is -2.70. The summed E-state index contributed by atoms with van der Waals surface area (Å²) in [4.78, 5) is 24.0. The number of aromatic amines is 1. The van der Waals surface area contributed by atoms with Gasteiger partial charge in [-0.15, -0.1) is 0 Å². The molecule has 1 aromatic carbocycles. The highest BCUT2D eigenvalue weighted by Crippen LogP contribution is 2.27. The molecule has 1 aliphatic rings. The fourth-order valence-electron chi connectivity index (χ4n) is 3.65. The van der Waals surface area contributed by atoms with Gasteiger partial charge in [0, 0.05) is 6.04 Å². The van der Waals surface area contributed by atoms with E-state index in [0.29, 0.717) is 12.5 Å². The molecular weight excluding hydrogens is 316 g/mol. The zero-order chi connectivity index (χ0) is 17.2. The number of rotatable bonds is 4. The number of amides is 1. The number of hydrogen-bond acceptors (Lipinski definition) is 4. The summed E-state index contributed by atoms with van der Waals surface area (Å²) in [5, 5.41) is 7.39. The van der Waals surface area contributed by atoms with Crippen molar-refractivity contribution in [2.75, 3.05) is 0 Å². The van der Waals surface area contributed by atoms with Gasteiger partial charge in [0.1, 0.15) is 18.5 Å². The molecule has 0 radical (unpaired) electrons. The molecular formula is C18H22N6O. The van der Waals surface area contributed by atoms with Gasteiger partial charge in [0.25, 0.3) is 0 Å². The standard InChI is InChI=1S/C18H22N6O/c1-12-21-16-7-2-13(8-17(16)22-12)9-18(25)23-14-3-5-15(6-4-14)24-11-19-10-20-24/h2,7-8,10-11,14-15H,3-6,9H2,1H3,(H,21,22)(H,23,25). The number of nitrogens with zero attached hydrogens (tertiary/aromatic N) is 4. The number of benzene rings is 1. The highest BCUT2D eigenvalue weighted by Gasteiger charge is 2.23. The van der Waals surface area contributed by atoms with Crippen LogP contribution < -0.4 is 5.32 Å². The number of aryl methyl sites for hydroxylation is 1. The number of nitrogens with one attached hydrogen (secondary N) is 2.